The second-order valence-corrected chi connectivity index (χ2v) is 18.6. The second kappa shape index (κ2) is 48.9. The first kappa shape index (κ1) is 70.6. The molecule has 0 aromatic heterocycles. The van der Waals surface area contributed by atoms with Gasteiger partial charge in [0, 0.05) is 7.11 Å². The molecule has 0 aliphatic heterocycles. The molecular formula is C65H92O20. The van der Waals surface area contributed by atoms with Gasteiger partial charge in [-0.1, -0.05) is 72.8 Å². The highest BCUT2D eigenvalue weighted by Gasteiger charge is 2.10. The van der Waals surface area contributed by atoms with Crippen LogP contribution in [0.4, 0.5) is 0 Å². The summed E-state index contributed by atoms with van der Waals surface area (Å²) in [5.41, 5.74) is 8.30. The van der Waals surface area contributed by atoms with Crippen LogP contribution in [-0.4, -0.2) is 242 Å². The predicted octanol–water partition coefficient (Wildman–Crippen LogP) is 8.06. The van der Waals surface area contributed by atoms with Crippen molar-refractivity contribution in [3.8, 4) is 61.8 Å². The average molecular weight is 1190 g/mol. The SMILES string of the molecule is COCCOCCOCCOCCOCCOCCOCCOCCOCCOCCOCCOCCOCCOCCOCCOCCOCCOc1cc(-c2ccc(-c3ccc(O)cc3)cc2)cc(-c2ccc(-c3ccc(O)cc3)cc2)c1. The summed E-state index contributed by atoms with van der Waals surface area (Å²) in [5, 5.41) is 19.5. The maximum atomic E-state index is 9.74. The first-order valence-corrected chi connectivity index (χ1v) is 29.4. The molecule has 5 rings (SSSR count). The topological polar surface area (TPSA) is 207 Å². The summed E-state index contributed by atoms with van der Waals surface area (Å²) in [4.78, 5) is 0. The largest absolute Gasteiger partial charge is 0.508 e. The molecule has 0 bridgehead atoms. The van der Waals surface area contributed by atoms with Crippen LogP contribution >= 0.6 is 0 Å². The van der Waals surface area contributed by atoms with Crippen LogP contribution in [0.3, 0.4) is 0 Å². The lowest BCUT2D eigenvalue weighted by atomic mass is 9.95. The van der Waals surface area contributed by atoms with Crippen LogP contribution < -0.4 is 4.74 Å². The number of benzene rings is 5. The van der Waals surface area contributed by atoms with Gasteiger partial charge in [0.15, 0.2) is 0 Å². The molecule has 20 heteroatoms. The minimum Gasteiger partial charge on any atom is -0.508 e. The maximum Gasteiger partial charge on any atom is 0.120 e. The van der Waals surface area contributed by atoms with Gasteiger partial charge in [0.1, 0.15) is 23.9 Å². The van der Waals surface area contributed by atoms with E-state index in [1.165, 1.54) is 0 Å². The van der Waals surface area contributed by atoms with E-state index in [4.69, 9.17) is 85.3 Å². The van der Waals surface area contributed by atoms with E-state index in [0.29, 0.717) is 225 Å². The van der Waals surface area contributed by atoms with Crippen molar-refractivity contribution in [2.24, 2.45) is 0 Å². The van der Waals surface area contributed by atoms with Crippen molar-refractivity contribution in [3.05, 3.63) is 115 Å². The molecule has 0 fully saturated rings. The van der Waals surface area contributed by atoms with Gasteiger partial charge in [-0.05, 0) is 87.0 Å². The second-order valence-electron chi connectivity index (χ2n) is 18.6. The van der Waals surface area contributed by atoms with Crippen LogP contribution in [0.25, 0.3) is 44.5 Å². The first-order valence-electron chi connectivity index (χ1n) is 29.4. The number of phenols is 2. The van der Waals surface area contributed by atoms with Gasteiger partial charge in [-0.3, -0.25) is 0 Å². The summed E-state index contributed by atoms with van der Waals surface area (Å²) in [5.74, 6) is 1.21. The minimum atomic E-state index is 0.238. The molecule has 0 saturated heterocycles. The normalized spacial score (nSPS) is 11.5. The van der Waals surface area contributed by atoms with Crippen molar-refractivity contribution in [1.29, 1.82) is 0 Å². The number of hydrogen-bond acceptors (Lipinski definition) is 20. The molecule has 85 heavy (non-hydrogen) atoms. The molecule has 0 aliphatic rings. The molecule has 2 N–H and O–H groups in total. The zero-order valence-corrected chi connectivity index (χ0v) is 49.8. The standard InChI is InChI=1S/C65H92O20/c1-68-18-19-69-20-21-70-22-23-71-24-25-72-26-27-73-28-29-74-30-31-75-32-33-76-34-35-77-36-37-78-38-39-79-40-41-80-42-43-81-44-45-82-46-47-83-48-49-84-50-51-85-65-53-61(59-6-2-55(3-7-59)57-10-14-63(66)15-11-57)52-62(54-65)60-8-4-56(5-9-60)58-12-16-64(67)17-13-58/h2-17,52-54,66-67H,18-51H2,1H3. The third-order valence-corrected chi connectivity index (χ3v) is 12.3. The Labute approximate surface area is 502 Å². The quantitative estimate of drug-likeness (QED) is 0.0353. The van der Waals surface area contributed by atoms with Crippen molar-refractivity contribution in [1.82, 2.24) is 0 Å². The molecule has 0 heterocycles. The van der Waals surface area contributed by atoms with E-state index in [2.05, 4.69) is 54.6 Å². The number of rotatable bonds is 56. The Balaban J connectivity index is 0.731. The summed E-state index contributed by atoms with van der Waals surface area (Å²) >= 11 is 0. The number of ether oxygens (including phenoxy) is 18. The van der Waals surface area contributed by atoms with E-state index in [1.807, 2.05) is 36.4 Å². The molecule has 0 radical (unpaired) electrons. The lowest BCUT2D eigenvalue weighted by Gasteiger charge is -2.13. The smallest absolute Gasteiger partial charge is 0.120 e. The molecule has 0 aliphatic carbocycles. The van der Waals surface area contributed by atoms with Crippen molar-refractivity contribution in [2.75, 3.05) is 232 Å². The lowest BCUT2D eigenvalue weighted by Crippen LogP contribution is -2.16. The van der Waals surface area contributed by atoms with Crippen LogP contribution in [0.2, 0.25) is 0 Å². The number of phenolic OH excluding ortho intramolecular Hbond substituents is 2. The van der Waals surface area contributed by atoms with E-state index >= 15 is 0 Å². The Morgan fingerprint density at radius 1 is 0.200 bits per heavy atom. The minimum absolute atomic E-state index is 0.238. The Morgan fingerprint density at radius 3 is 0.565 bits per heavy atom. The summed E-state index contributed by atoms with van der Waals surface area (Å²) in [6.07, 6.45) is 0. The highest BCUT2D eigenvalue weighted by Crippen LogP contribution is 2.34. The van der Waals surface area contributed by atoms with Gasteiger partial charge in [0.05, 0.1) is 218 Å². The molecule has 472 valence electrons. The van der Waals surface area contributed by atoms with E-state index in [-0.39, 0.29) is 11.5 Å². The lowest BCUT2D eigenvalue weighted by molar-refractivity contribution is -0.0306. The Bertz CT molecular complexity index is 2220. The van der Waals surface area contributed by atoms with Gasteiger partial charge in [-0.15, -0.1) is 0 Å². The molecule has 0 unspecified atom stereocenters. The Hall–Kier alpha value is -5.18. The fourth-order valence-corrected chi connectivity index (χ4v) is 7.80. The van der Waals surface area contributed by atoms with Crippen molar-refractivity contribution >= 4 is 0 Å². The fourth-order valence-electron chi connectivity index (χ4n) is 7.80. The molecule has 5 aromatic carbocycles. The fraction of sp³-hybridized carbons (Fsp3) is 0.538. The van der Waals surface area contributed by atoms with Crippen LogP contribution in [-0.2, 0) is 80.5 Å². The van der Waals surface area contributed by atoms with Gasteiger partial charge in [0.2, 0.25) is 0 Å². The number of methoxy groups -OCH3 is 1. The highest BCUT2D eigenvalue weighted by atomic mass is 16.6. The molecule has 0 spiro atoms. The van der Waals surface area contributed by atoms with E-state index in [1.54, 1.807) is 31.4 Å². The van der Waals surface area contributed by atoms with Gasteiger partial charge < -0.3 is 95.5 Å². The van der Waals surface area contributed by atoms with Crippen LogP contribution in [0.15, 0.2) is 115 Å². The maximum absolute atomic E-state index is 9.74. The molecule has 0 saturated carbocycles. The average Bonchev–Trinajstić information content (AvgIpc) is 3.73. The third kappa shape index (κ3) is 34.7. The zero-order chi connectivity index (χ0) is 59.6. The van der Waals surface area contributed by atoms with Crippen LogP contribution in [0.1, 0.15) is 0 Å². The van der Waals surface area contributed by atoms with Gasteiger partial charge in [-0.2, -0.15) is 0 Å². The van der Waals surface area contributed by atoms with Crippen molar-refractivity contribution in [2.45, 2.75) is 0 Å². The van der Waals surface area contributed by atoms with E-state index in [0.717, 1.165) is 50.3 Å². The molecule has 5 aromatic rings. The summed E-state index contributed by atoms with van der Waals surface area (Å²) < 4.78 is 99.8. The van der Waals surface area contributed by atoms with Crippen LogP contribution in [0.5, 0.6) is 17.2 Å². The number of aromatic hydroxyl groups is 2. The summed E-state index contributed by atoms with van der Waals surface area (Å²) in [7, 11) is 1.64. The number of hydrogen-bond donors (Lipinski definition) is 2. The third-order valence-electron chi connectivity index (χ3n) is 12.3. The molecule has 0 atom stereocenters. The zero-order valence-electron chi connectivity index (χ0n) is 49.8. The molecule has 20 nitrogen and oxygen atoms in total. The highest BCUT2D eigenvalue weighted by molar-refractivity contribution is 5.78. The summed E-state index contributed by atoms with van der Waals surface area (Å²) in [6.45, 7) is 16.5. The van der Waals surface area contributed by atoms with E-state index < -0.39 is 0 Å². The first-order chi connectivity index (χ1) is 42.1. The Kier molecular flexibility index (Phi) is 40.6. The summed E-state index contributed by atoms with van der Waals surface area (Å²) in [6, 6.07) is 37.4. The monoisotopic (exact) mass is 1190 g/mol. The van der Waals surface area contributed by atoms with Crippen molar-refractivity contribution in [3.63, 3.8) is 0 Å². The van der Waals surface area contributed by atoms with E-state index in [9.17, 15) is 10.2 Å². The van der Waals surface area contributed by atoms with Gasteiger partial charge >= 0.3 is 0 Å². The predicted molar refractivity (Wildman–Crippen MR) is 322 cm³/mol. The molecule has 0 amide bonds. The van der Waals surface area contributed by atoms with Gasteiger partial charge in [0.25, 0.3) is 0 Å². The van der Waals surface area contributed by atoms with Crippen LogP contribution in [0, 0.1) is 0 Å². The van der Waals surface area contributed by atoms with Gasteiger partial charge in [-0.25, -0.2) is 0 Å². The van der Waals surface area contributed by atoms with Crippen molar-refractivity contribution < 1.29 is 95.5 Å². The molecular weight excluding hydrogens is 1100 g/mol. The Morgan fingerprint density at radius 2 is 0.365 bits per heavy atom.